The summed E-state index contributed by atoms with van der Waals surface area (Å²) in [6, 6.07) is 12.2. The van der Waals surface area contributed by atoms with Crippen LogP contribution in [-0.2, 0) is 13.1 Å². The van der Waals surface area contributed by atoms with E-state index in [2.05, 4.69) is 39.8 Å². The van der Waals surface area contributed by atoms with Gasteiger partial charge in [0.15, 0.2) is 0 Å². The lowest BCUT2D eigenvalue weighted by atomic mass is 10.2. The SMILES string of the molecule is Cc1cc(CNCc2ccc(-n3cccn3)cc2)no1. The van der Waals surface area contributed by atoms with Crippen molar-refractivity contribution in [1.29, 1.82) is 0 Å². The lowest BCUT2D eigenvalue weighted by Crippen LogP contribution is -2.12. The molecule has 5 nitrogen and oxygen atoms in total. The molecule has 0 aliphatic rings. The van der Waals surface area contributed by atoms with Gasteiger partial charge in [-0.25, -0.2) is 4.68 Å². The standard InChI is InChI=1S/C15H16N4O/c1-12-9-14(18-20-12)11-16-10-13-3-5-15(6-4-13)19-8-2-7-17-19/h2-9,16H,10-11H2,1H3. The summed E-state index contributed by atoms with van der Waals surface area (Å²) < 4.78 is 6.87. The molecular formula is C15H16N4O. The summed E-state index contributed by atoms with van der Waals surface area (Å²) in [5.41, 5.74) is 3.21. The maximum absolute atomic E-state index is 5.02. The molecule has 102 valence electrons. The van der Waals surface area contributed by atoms with E-state index in [9.17, 15) is 0 Å². The van der Waals surface area contributed by atoms with Crippen molar-refractivity contribution >= 4 is 0 Å². The third kappa shape index (κ3) is 2.95. The predicted molar refractivity (Wildman–Crippen MR) is 75.3 cm³/mol. The monoisotopic (exact) mass is 268 g/mol. The highest BCUT2D eigenvalue weighted by Gasteiger charge is 2.00. The Labute approximate surface area is 117 Å². The van der Waals surface area contributed by atoms with Crippen LogP contribution < -0.4 is 5.32 Å². The number of aryl methyl sites for hydroxylation is 1. The zero-order valence-electron chi connectivity index (χ0n) is 11.3. The molecule has 0 radical (unpaired) electrons. The molecule has 0 aliphatic heterocycles. The quantitative estimate of drug-likeness (QED) is 0.772. The second-order valence-electron chi connectivity index (χ2n) is 4.65. The van der Waals surface area contributed by atoms with Gasteiger partial charge in [0.1, 0.15) is 5.76 Å². The average molecular weight is 268 g/mol. The Morgan fingerprint density at radius 1 is 1.20 bits per heavy atom. The zero-order valence-corrected chi connectivity index (χ0v) is 11.3. The maximum atomic E-state index is 5.02. The third-order valence-electron chi connectivity index (χ3n) is 3.02. The van der Waals surface area contributed by atoms with Gasteiger partial charge in [-0.1, -0.05) is 17.3 Å². The van der Waals surface area contributed by atoms with Gasteiger partial charge in [0.25, 0.3) is 0 Å². The molecule has 20 heavy (non-hydrogen) atoms. The molecule has 0 saturated carbocycles. The lowest BCUT2D eigenvalue weighted by Gasteiger charge is -2.05. The molecule has 0 fully saturated rings. The molecule has 3 rings (SSSR count). The van der Waals surface area contributed by atoms with Crippen molar-refractivity contribution in [3.05, 3.63) is 65.8 Å². The predicted octanol–water partition coefficient (Wildman–Crippen LogP) is 2.46. The highest BCUT2D eigenvalue weighted by atomic mass is 16.5. The largest absolute Gasteiger partial charge is 0.361 e. The van der Waals surface area contributed by atoms with Crippen LogP contribution in [0.15, 0.2) is 53.3 Å². The molecule has 5 heteroatoms. The van der Waals surface area contributed by atoms with Gasteiger partial charge in [-0.2, -0.15) is 5.10 Å². The molecule has 1 aromatic carbocycles. The topological polar surface area (TPSA) is 55.9 Å². The molecule has 0 spiro atoms. The molecule has 1 N–H and O–H groups in total. The van der Waals surface area contributed by atoms with E-state index in [4.69, 9.17) is 4.52 Å². The van der Waals surface area contributed by atoms with Crippen molar-refractivity contribution < 1.29 is 4.52 Å². The maximum Gasteiger partial charge on any atom is 0.133 e. The Kier molecular flexibility index (Phi) is 3.60. The van der Waals surface area contributed by atoms with E-state index in [1.165, 1.54) is 5.56 Å². The van der Waals surface area contributed by atoms with Crippen molar-refractivity contribution in [1.82, 2.24) is 20.3 Å². The molecule has 2 heterocycles. The van der Waals surface area contributed by atoms with Crippen LogP contribution in [0.5, 0.6) is 0 Å². The number of hydrogen-bond donors (Lipinski definition) is 1. The Hall–Kier alpha value is -2.40. The first kappa shape index (κ1) is 12.6. The molecular weight excluding hydrogens is 252 g/mol. The van der Waals surface area contributed by atoms with Gasteiger partial charge in [-0.05, 0) is 30.7 Å². The van der Waals surface area contributed by atoms with Crippen LogP contribution in [0.25, 0.3) is 5.69 Å². The van der Waals surface area contributed by atoms with Crippen molar-refractivity contribution in [3.63, 3.8) is 0 Å². The number of aromatic nitrogens is 3. The zero-order chi connectivity index (χ0) is 13.8. The Balaban J connectivity index is 1.56. The minimum Gasteiger partial charge on any atom is -0.361 e. The van der Waals surface area contributed by atoms with E-state index < -0.39 is 0 Å². The van der Waals surface area contributed by atoms with Gasteiger partial charge < -0.3 is 9.84 Å². The highest BCUT2D eigenvalue weighted by molar-refractivity contribution is 5.33. The number of nitrogens with one attached hydrogen (secondary N) is 1. The van der Waals surface area contributed by atoms with Gasteiger partial charge >= 0.3 is 0 Å². The number of benzene rings is 1. The highest BCUT2D eigenvalue weighted by Crippen LogP contribution is 2.09. The first-order chi connectivity index (χ1) is 9.81. The fraction of sp³-hybridized carbons (Fsp3) is 0.200. The summed E-state index contributed by atoms with van der Waals surface area (Å²) in [5.74, 6) is 0.838. The van der Waals surface area contributed by atoms with Crippen molar-refractivity contribution in [2.45, 2.75) is 20.0 Å². The van der Waals surface area contributed by atoms with E-state index in [1.54, 1.807) is 6.20 Å². The second-order valence-corrected chi connectivity index (χ2v) is 4.65. The second kappa shape index (κ2) is 5.71. The van der Waals surface area contributed by atoms with E-state index >= 15 is 0 Å². The van der Waals surface area contributed by atoms with E-state index in [1.807, 2.05) is 29.9 Å². The normalized spacial score (nSPS) is 10.8. The number of rotatable bonds is 5. The van der Waals surface area contributed by atoms with Crippen LogP contribution in [0.2, 0.25) is 0 Å². The minimum absolute atomic E-state index is 0.707. The Morgan fingerprint density at radius 3 is 2.70 bits per heavy atom. The number of nitrogens with zero attached hydrogens (tertiary/aromatic N) is 3. The van der Waals surface area contributed by atoms with Crippen LogP contribution in [0, 0.1) is 6.92 Å². The third-order valence-corrected chi connectivity index (χ3v) is 3.02. The van der Waals surface area contributed by atoms with Crippen molar-refractivity contribution in [2.24, 2.45) is 0 Å². The fourth-order valence-electron chi connectivity index (χ4n) is 2.02. The summed E-state index contributed by atoms with van der Waals surface area (Å²) in [6.45, 7) is 3.40. The summed E-state index contributed by atoms with van der Waals surface area (Å²) >= 11 is 0. The molecule has 3 aromatic rings. The smallest absolute Gasteiger partial charge is 0.133 e. The van der Waals surface area contributed by atoms with Crippen molar-refractivity contribution in [3.8, 4) is 5.69 Å². The van der Waals surface area contributed by atoms with Crippen molar-refractivity contribution in [2.75, 3.05) is 0 Å². The van der Waals surface area contributed by atoms with Crippen LogP contribution >= 0.6 is 0 Å². The Bertz CT molecular complexity index is 656. The first-order valence-corrected chi connectivity index (χ1v) is 6.53. The van der Waals surface area contributed by atoms with E-state index in [0.29, 0.717) is 6.54 Å². The Morgan fingerprint density at radius 2 is 2.05 bits per heavy atom. The fourth-order valence-corrected chi connectivity index (χ4v) is 2.02. The van der Waals surface area contributed by atoms with Crippen LogP contribution in [0.1, 0.15) is 17.0 Å². The molecule has 0 unspecified atom stereocenters. The molecule has 0 aliphatic carbocycles. The van der Waals surface area contributed by atoms with E-state index in [-0.39, 0.29) is 0 Å². The van der Waals surface area contributed by atoms with Crippen LogP contribution in [-0.4, -0.2) is 14.9 Å². The first-order valence-electron chi connectivity index (χ1n) is 6.53. The molecule has 0 saturated heterocycles. The molecule has 0 amide bonds. The van der Waals surface area contributed by atoms with Gasteiger partial charge in [-0.3, -0.25) is 0 Å². The van der Waals surface area contributed by atoms with Crippen LogP contribution in [0.4, 0.5) is 0 Å². The van der Waals surface area contributed by atoms with Gasteiger partial charge in [0.05, 0.1) is 11.4 Å². The van der Waals surface area contributed by atoms with Gasteiger partial charge in [-0.15, -0.1) is 0 Å². The lowest BCUT2D eigenvalue weighted by molar-refractivity contribution is 0.388. The average Bonchev–Trinajstić information content (AvgIpc) is 3.11. The molecule has 0 atom stereocenters. The summed E-state index contributed by atoms with van der Waals surface area (Å²) in [7, 11) is 0. The molecule has 2 aromatic heterocycles. The van der Waals surface area contributed by atoms with E-state index in [0.717, 1.165) is 23.7 Å². The van der Waals surface area contributed by atoms with Gasteiger partial charge in [0.2, 0.25) is 0 Å². The summed E-state index contributed by atoms with van der Waals surface area (Å²) in [4.78, 5) is 0. The van der Waals surface area contributed by atoms with Gasteiger partial charge in [0, 0.05) is 31.5 Å². The number of hydrogen-bond acceptors (Lipinski definition) is 4. The summed E-state index contributed by atoms with van der Waals surface area (Å²) in [5, 5.41) is 11.5. The molecule has 0 bridgehead atoms. The van der Waals surface area contributed by atoms with Crippen LogP contribution in [0.3, 0.4) is 0 Å². The summed E-state index contributed by atoms with van der Waals surface area (Å²) in [6.07, 6.45) is 3.70. The minimum atomic E-state index is 0.707.